The van der Waals surface area contributed by atoms with Gasteiger partial charge in [0.1, 0.15) is 12.1 Å². The molecule has 0 atom stereocenters. The molecule has 2 aromatic rings. The zero-order valence-corrected chi connectivity index (χ0v) is 11.8. The number of anilines is 1. The first-order valence-corrected chi connectivity index (χ1v) is 6.67. The summed E-state index contributed by atoms with van der Waals surface area (Å²) in [5.74, 6) is -0.237. The highest BCUT2D eigenvalue weighted by atomic mass is 16.5. The Kier molecular flexibility index (Phi) is 4.40. The molecule has 0 fully saturated rings. The van der Waals surface area contributed by atoms with Gasteiger partial charge in [-0.05, 0) is 30.5 Å². The fourth-order valence-electron chi connectivity index (χ4n) is 2.02. The van der Waals surface area contributed by atoms with Crippen molar-refractivity contribution in [3.8, 4) is 5.69 Å². The highest BCUT2D eigenvalue weighted by Crippen LogP contribution is 2.18. The minimum atomic E-state index is -0.527. The van der Waals surface area contributed by atoms with Crippen LogP contribution in [0.4, 0.5) is 5.82 Å². The second kappa shape index (κ2) is 6.23. The first kappa shape index (κ1) is 14.1. The number of nitrogen functional groups attached to an aromatic ring is 1. The summed E-state index contributed by atoms with van der Waals surface area (Å²) in [5, 5.41) is 0. The van der Waals surface area contributed by atoms with Crippen molar-refractivity contribution in [1.29, 1.82) is 0 Å². The standard InChI is InChI=1S/C15H19N3O2/c1-3-4-5-11-6-8-12(9-7-11)18-10-17-13(14(18)16)15(19)20-2/h6-10H,3-5,16H2,1-2H3. The van der Waals surface area contributed by atoms with Gasteiger partial charge in [0, 0.05) is 5.69 Å². The number of nitrogens with two attached hydrogens (primary N) is 1. The van der Waals surface area contributed by atoms with E-state index in [0.717, 1.165) is 12.1 Å². The predicted molar refractivity (Wildman–Crippen MR) is 77.9 cm³/mol. The van der Waals surface area contributed by atoms with Crippen molar-refractivity contribution >= 4 is 11.8 Å². The quantitative estimate of drug-likeness (QED) is 0.850. The van der Waals surface area contributed by atoms with Crippen LogP contribution in [0.2, 0.25) is 0 Å². The number of aromatic nitrogens is 2. The second-order valence-corrected chi connectivity index (χ2v) is 4.61. The van der Waals surface area contributed by atoms with Gasteiger partial charge in [0.25, 0.3) is 0 Å². The molecule has 2 rings (SSSR count). The van der Waals surface area contributed by atoms with Gasteiger partial charge in [-0.1, -0.05) is 25.5 Å². The number of carbonyl (C=O) groups is 1. The smallest absolute Gasteiger partial charge is 0.360 e. The number of unbranched alkanes of at least 4 members (excludes halogenated alkanes) is 1. The SMILES string of the molecule is CCCCc1ccc(-n2cnc(C(=O)OC)c2N)cc1. The van der Waals surface area contributed by atoms with Gasteiger partial charge in [-0.15, -0.1) is 0 Å². The molecule has 1 heterocycles. The maximum absolute atomic E-state index is 11.5. The number of aryl methyl sites for hydroxylation is 1. The molecule has 5 nitrogen and oxygen atoms in total. The Morgan fingerprint density at radius 3 is 2.65 bits per heavy atom. The minimum Gasteiger partial charge on any atom is -0.464 e. The third kappa shape index (κ3) is 2.82. The molecule has 0 aliphatic rings. The van der Waals surface area contributed by atoms with Crippen molar-refractivity contribution in [2.45, 2.75) is 26.2 Å². The van der Waals surface area contributed by atoms with Gasteiger partial charge in [-0.25, -0.2) is 9.78 Å². The number of imidazole rings is 1. The molecule has 0 bridgehead atoms. The van der Waals surface area contributed by atoms with Crippen LogP contribution >= 0.6 is 0 Å². The Morgan fingerprint density at radius 1 is 1.35 bits per heavy atom. The minimum absolute atomic E-state index is 0.141. The third-order valence-electron chi connectivity index (χ3n) is 3.22. The maximum atomic E-state index is 11.5. The van der Waals surface area contributed by atoms with Crippen molar-refractivity contribution in [2.75, 3.05) is 12.8 Å². The summed E-state index contributed by atoms with van der Waals surface area (Å²) in [4.78, 5) is 15.5. The van der Waals surface area contributed by atoms with E-state index in [4.69, 9.17) is 5.73 Å². The van der Waals surface area contributed by atoms with Gasteiger partial charge in [-0.2, -0.15) is 0 Å². The average molecular weight is 273 g/mol. The van der Waals surface area contributed by atoms with E-state index in [-0.39, 0.29) is 11.5 Å². The normalized spacial score (nSPS) is 10.5. The first-order chi connectivity index (χ1) is 9.67. The molecule has 1 aromatic carbocycles. The Morgan fingerprint density at radius 2 is 2.05 bits per heavy atom. The van der Waals surface area contributed by atoms with Crippen LogP contribution < -0.4 is 5.73 Å². The van der Waals surface area contributed by atoms with E-state index < -0.39 is 5.97 Å². The summed E-state index contributed by atoms with van der Waals surface area (Å²) < 4.78 is 6.31. The van der Waals surface area contributed by atoms with Crippen LogP contribution in [0.15, 0.2) is 30.6 Å². The molecular weight excluding hydrogens is 254 g/mol. The molecule has 0 aliphatic carbocycles. The van der Waals surface area contributed by atoms with Crippen LogP contribution in [-0.2, 0) is 11.2 Å². The summed E-state index contributed by atoms with van der Waals surface area (Å²) in [5.41, 5.74) is 8.24. The highest BCUT2D eigenvalue weighted by Gasteiger charge is 2.16. The molecule has 0 spiro atoms. The fourth-order valence-corrected chi connectivity index (χ4v) is 2.02. The molecule has 0 saturated heterocycles. The lowest BCUT2D eigenvalue weighted by molar-refractivity contribution is 0.0596. The van der Waals surface area contributed by atoms with E-state index in [1.54, 1.807) is 4.57 Å². The molecule has 0 amide bonds. The number of benzene rings is 1. The van der Waals surface area contributed by atoms with E-state index in [1.165, 1.54) is 31.8 Å². The average Bonchev–Trinajstić information content (AvgIpc) is 2.86. The monoisotopic (exact) mass is 273 g/mol. The fraction of sp³-hybridized carbons (Fsp3) is 0.333. The van der Waals surface area contributed by atoms with Crippen LogP contribution in [0.3, 0.4) is 0 Å². The van der Waals surface area contributed by atoms with Crippen molar-refractivity contribution < 1.29 is 9.53 Å². The van der Waals surface area contributed by atoms with Gasteiger partial charge in [0.05, 0.1) is 7.11 Å². The number of ether oxygens (including phenoxy) is 1. The van der Waals surface area contributed by atoms with E-state index in [0.29, 0.717) is 0 Å². The van der Waals surface area contributed by atoms with Crippen LogP contribution in [0.25, 0.3) is 5.69 Å². The lowest BCUT2D eigenvalue weighted by atomic mass is 10.1. The lowest BCUT2D eigenvalue weighted by Gasteiger charge is -2.07. The summed E-state index contributed by atoms with van der Waals surface area (Å²) in [6.45, 7) is 2.18. The first-order valence-electron chi connectivity index (χ1n) is 6.67. The molecule has 5 heteroatoms. The highest BCUT2D eigenvalue weighted by molar-refractivity contribution is 5.92. The Hall–Kier alpha value is -2.30. The van der Waals surface area contributed by atoms with Crippen molar-refractivity contribution in [2.24, 2.45) is 0 Å². The van der Waals surface area contributed by atoms with Gasteiger partial charge in [-0.3, -0.25) is 4.57 Å². The van der Waals surface area contributed by atoms with E-state index in [1.807, 2.05) is 12.1 Å². The number of methoxy groups -OCH3 is 1. The molecule has 0 radical (unpaired) electrons. The van der Waals surface area contributed by atoms with Crippen LogP contribution in [0.5, 0.6) is 0 Å². The number of rotatable bonds is 5. The van der Waals surface area contributed by atoms with Crippen LogP contribution in [-0.4, -0.2) is 22.6 Å². The van der Waals surface area contributed by atoms with E-state index in [9.17, 15) is 4.79 Å². The predicted octanol–water partition coefficient (Wildman–Crippen LogP) is 2.58. The molecule has 0 unspecified atom stereocenters. The van der Waals surface area contributed by atoms with Crippen molar-refractivity contribution in [3.63, 3.8) is 0 Å². The van der Waals surface area contributed by atoms with Gasteiger partial charge < -0.3 is 10.5 Å². The molecule has 0 saturated carbocycles. The van der Waals surface area contributed by atoms with Gasteiger partial charge >= 0.3 is 5.97 Å². The van der Waals surface area contributed by atoms with Crippen LogP contribution in [0, 0.1) is 0 Å². The Balaban J connectivity index is 2.24. The number of esters is 1. The largest absolute Gasteiger partial charge is 0.464 e. The van der Waals surface area contributed by atoms with Crippen LogP contribution in [0.1, 0.15) is 35.8 Å². The zero-order chi connectivity index (χ0) is 14.5. The third-order valence-corrected chi connectivity index (χ3v) is 3.22. The number of hydrogen-bond acceptors (Lipinski definition) is 4. The second-order valence-electron chi connectivity index (χ2n) is 4.61. The Labute approximate surface area is 118 Å². The molecule has 1 aromatic heterocycles. The Bertz CT molecular complexity index is 588. The zero-order valence-electron chi connectivity index (χ0n) is 11.8. The summed E-state index contributed by atoms with van der Waals surface area (Å²) >= 11 is 0. The van der Waals surface area contributed by atoms with Crippen molar-refractivity contribution in [3.05, 3.63) is 41.9 Å². The number of nitrogens with zero attached hydrogens (tertiary/aromatic N) is 2. The summed E-state index contributed by atoms with van der Waals surface area (Å²) in [7, 11) is 1.31. The summed E-state index contributed by atoms with van der Waals surface area (Å²) in [6, 6.07) is 8.10. The molecular formula is C15H19N3O2. The topological polar surface area (TPSA) is 70.1 Å². The van der Waals surface area contributed by atoms with Crippen molar-refractivity contribution in [1.82, 2.24) is 9.55 Å². The molecule has 20 heavy (non-hydrogen) atoms. The number of hydrogen-bond donors (Lipinski definition) is 1. The lowest BCUT2D eigenvalue weighted by Crippen LogP contribution is -2.07. The maximum Gasteiger partial charge on any atom is 0.360 e. The number of carbonyl (C=O) groups excluding carboxylic acids is 1. The van der Waals surface area contributed by atoms with Gasteiger partial charge in [0.15, 0.2) is 5.69 Å². The van der Waals surface area contributed by atoms with E-state index in [2.05, 4.69) is 28.8 Å². The summed E-state index contributed by atoms with van der Waals surface area (Å²) in [6.07, 6.45) is 4.96. The van der Waals surface area contributed by atoms with E-state index >= 15 is 0 Å². The molecule has 2 N–H and O–H groups in total. The molecule has 106 valence electrons. The van der Waals surface area contributed by atoms with Gasteiger partial charge in [0.2, 0.25) is 0 Å². The molecule has 0 aliphatic heterocycles.